The number of hydrogen-bond donors (Lipinski definition) is 1. The van der Waals surface area contributed by atoms with Crippen LogP contribution in [0.5, 0.6) is 5.75 Å². The second-order valence-electron chi connectivity index (χ2n) is 4.98. The molecule has 112 valence electrons. The predicted molar refractivity (Wildman–Crippen MR) is 86.1 cm³/mol. The molecule has 1 N–H and O–H groups in total. The smallest absolute Gasteiger partial charge is 0.251 e. The molecule has 21 heavy (non-hydrogen) atoms. The third kappa shape index (κ3) is 4.06. The molecule has 0 unspecified atom stereocenters. The van der Waals surface area contributed by atoms with Gasteiger partial charge in [0.05, 0.1) is 13.2 Å². The molecule has 0 aliphatic rings. The van der Waals surface area contributed by atoms with E-state index in [4.69, 9.17) is 4.74 Å². The van der Waals surface area contributed by atoms with E-state index in [1.54, 1.807) is 30.6 Å². The van der Waals surface area contributed by atoms with E-state index in [1.807, 2.05) is 26.2 Å². The molecule has 1 amide bonds. The van der Waals surface area contributed by atoms with Crippen LogP contribution in [0.1, 0.15) is 22.0 Å². The molecule has 0 radical (unpaired) electrons. The molecule has 5 heteroatoms. The monoisotopic (exact) mass is 304 g/mol. The number of hydrogen-bond acceptors (Lipinski definition) is 4. The zero-order valence-electron chi connectivity index (χ0n) is 12.5. The summed E-state index contributed by atoms with van der Waals surface area (Å²) in [5.41, 5.74) is 1.83. The highest BCUT2D eigenvalue weighted by atomic mass is 32.1. The largest absolute Gasteiger partial charge is 0.497 e. The number of likely N-dealkylation sites (N-methyl/N-ethyl adjacent to an activating group) is 1. The molecule has 1 aromatic carbocycles. The Morgan fingerprint density at radius 1 is 1.38 bits per heavy atom. The summed E-state index contributed by atoms with van der Waals surface area (Å²) in [7, 11) is 5.62. The average molecular weight is 304 g/mol. The van der Waals surface area contributed by atoms with Gasteiger partial charge in [-0.05, 0) is 54.7 Å². The van der Waals surface area contributed by atoms with E-state index in [9.17, 15) is 4.79 Å². The summed E-state index contributed by atoms with van der Waals surface area (Å²) in [6.07, 6.45) is 0. The fraction of sp³-hybridized carbons (Fsp3) is 0.312. The van der Waals surface area contributed by atoms with E-state index in [-0.39, 0.29) is 11.9 Å². The molecule has 1 atom stereocenters. The number of rotatable bonds is 6. The van der Waals surface area contributed by atoms with E-state index in [1.165, 1.54) is 5.56 Å². The van der Waals surface area contributed by atoms with Gasteiger partial charge in [-0.15, -0.1) is 0 Å². The molecule has 2 aromatic rings. The number of benzene rings is 1. The average Bonchev–Trinajstić information content (AvgIpc) is 3.01. The lowest BCUT2D eigenvalue weighted by Gasteiger charge is -2.24. The van der Waals surface area contributed by atoms with Gasteiger partial charge < -0.3 is 15.0 Å². The highest BCUT2D eigenvalue weighted by Crippen LogP contribution is 2.20. The van der Waals surface area contributed by atoms with E-state index in [2.05, 4.69) is 27.0 Å². The van der Waals surface area contributed by atoms with Gasteiger partial charge in [0, 0.05) is 12.1 Å². The second kappa shape index (κ2) is 7.24. The lowest BCUT2D eigenvalue weighted by molar-refractivity contribution is 0.0941. The maximum absolute atomic E-state index is 12.2. The van der Waals surface area contributed by atoms with Crippen molar-refractivity contribution in [1.29, 1.82) is 0 Å². The fourth-order valence-corrected chi connectivity index (χ4v) is 2.83. The van der Waals surface area contributed by atoms with Crippen LogP contribution >= 0.6 is 11.3 Å². The fourth-order valence-electron chi connectivity index (χ4n) is 2.12. The van der Waals surface area contributed by atoms with Crippen LogP contribution in [0.25, 0.3) is 0 Å². The SMILES string of the molecule is COc1cccc(C(=O)NC[C@H](c2ccsc2)N(C)C)c1. The number of amides is 1. The number of nitrogens with zero attached hydrogens (tertiary/aromatic N) is 1. The first kappa shape index (κ1) is 15.5. The standard InChI is InChI=1S/C16H20N2O2S/c1-18(2)15(13-7-8-21-11-13)10-17-16(19)12-5-4-6-14(9-12)20-3/h4-9,11,15H,10H2,1-3H3,(H,17,19)/t15-/m1/s1. The molecule has 1 heterocycles. The van der Waals surface area contributed by atoms with Crippen molar-refractivity contribution < 1.29 is 9.53 Å². The van der Waals surface area contributed by atoms with Crippen molar-refractivity contribution in [2.24, 2.45) is 0 Å². The first-order valence-electron chi connectivity index (χ1n) is 6.72. The van der Waals surface area contributed by atoms with Crippen molar-refractivity contribution in [2.45, 2.75) is 6.04 Å². The van der Waals surface area contributed by atoms with E-state index < -0.39 is 0 Å². The third-order valence-corrected chi connectivity index (χ3v) is 4.04. The summed E-state index contributed by atoms with van der Waals surface area (Å²) in [5, 5.41) is 7.15. The van der Waals surface area contributed by atoms with Crippen LogP contribution < -0.4 is 10.1 Å². The van der Waals surface area contributed by atoms with Crippen LogP contribution in [0.3, 0.4) is 0 Å². The van der Waals surface area contributed by atoms with Crippen molar-refractivity contribution in [3.63, 3.8) is 0 Å². The summed E-state index contributed by atoms with van der Waals surface area (Å²) in [4.78, 5) is 14.3. The molecule has 0 bridgehead atoms. The van der Waals surface area contributed by atoms with Crippen LogP contribution in [0.4, 0.5) is 0 Å². The van der Waals surface area contributed by atoms with Crippen LogP contribution in [-0.2, 0) is 0 Å². The topological polar surface area (TPSA) is 41.6 Å². The van der Waals surface area contributed by atoms with E-state index in [0.717, 1.165) is 0 Å². The van der Waals surface area contributed by atoms with Crippen LogP contribution in [0, 0.1) is 0 Å². The molecular weight excluding hydrogens is 284 g/mol. The predicted octanol–water partition coefficient (Wildman–Crippen LogP) is 2.79. The molecular formula is C16H20N2O2S. The number of carbonyl (C=O) groups is 1. The first-order chi connectivity index (χ1) is 10.1. The van der Waals surface area contributed by atoms with Gasteiger partial charge in [0.25, 0.3) is 5.91 Å². The Bertz CT molecular complexity index is 582. The Labute approximate surface area is 129 Å². The minimum atomic E-state index is -0.0871. The lowest BCUT2D eigenvalue weighted by Crippen LogP contribution is -2.34. The van der Waals surface area contributed by atoms with Gasteiger partial charge in [-0.2, -0.15) is 11.3 Å². The van der Waals surface area contributed by atoms with Crippen LogP contribution in [0.2, 0.25) is 0 Å². The number of methoxy groups -OCH3 is 1. The summed E-state index contributed by atoms with van der Waals surface area (Å²) >= 11 is 1.66. The lowest BCUT2D eigenvalue weighted by atomic mass is 10.1. The van der Waals surface area contributed by atoms with Gasteiger partial charge in [0.1, 0.15) is 5.75 Å². The van der Waals surface area contributed by atoms with Crippen molar-refractivity contribution in [3.05, 3.63) is 52.2 Å². The van der Waals surface area contributed by atoms with Crippen LogP contribution in [-0.4, -0.2) is 38.6 Å². The first-order valence-corrected chi connectivity index (χ1v) is 7.67. The Kier molecular flexibility index (Phi) is 5.36. The summed E-state index contributed by atoms with van der Waals surface area (Å²) in [5.74, 6) is 0.598. The van der Waals surface area contributed by atoms with Gasteiger partial charge in [-0.3, -0.25) is 4.79 Å². The highest BCUT2D eigenvalue weighted by Gasteiger charge is 2.16. The summed E-state index contributed by atoms with van der Waals surface area (Å²) in [6.45, 7) is 0.569. The van der Waals surface area contributed by atoms with Gasteiger partial charge in [0.2, 0.25) is 0 Å². The van der Waals surface area contributed by atoms with Gasteiger partial charge >= 0.3 is 0 Å². The molecule has 0 spiro atoms. The molecule has 2 rings (SSSR count). The van der Waals surface area contributed by atoms with Crippen molar-refractivity contribution in [1.82, 2.24) is 10.2 Å². The Hall–Kier alpha value is -1.85. The minimum Gasteiger partial charge on any atom is -0.497 e. The Morgan fingerprint density at radius 2 is 2.19 bits per heavy atom. The zero-order chi connectivity index (χ0) is 15.2. The maximum atomic E-state index is 12.2. The van der Waals surface area contributed by atoms with Gasteiger partial charge in [0.15, 0.2) is 0 Å². The number of thiophene rings is 1. The van der Waals surface area contributed by atoms with Crippen molar-refractivity contribution in [3.8, 4) is 5.75 Å². The zero-order valence-corrected chi connectivity index (χ0v) is 13.3. The second-order valence-corrected chi connectivity index (χ2v) is 5.76. The summed E-state index contributed by atoms with van der Waals surface area (Å²) in [6, 6.07) is 9.43. The number of ether oxygens (including phenoxy) is 1. The number of nitrogens with one attached hydrogen (secondary N) is 1. The maximum Gasteiger partial charge on any atom is 0.251 e. The molecule has 0 aliphatic heterocycles. The Balaban J connectivity index is 2.02. The highest BCUT2D eigenvalue weighted by molar-refractivity contribution is 7.07. The molecule has 0 saturated carbocycles. The number of carbonyl (C=O) groups excluding carboxylic acids is 1. The minimum absolute atomic E-state index is 0.0871. The summed E-state index contributed by atoms with van der Waals surface area (Å²) < 4.78 is 5.14. The van der Waals surface area contributed by atoms with E-state index >= 15 is 0 Å². The normalized spacial score (nSPS) is 12.2. The quantitative estimate of drug-likeness (QED) is 0.892. The molecule has 1 aromatic heterocycles. The van der Waals surface area contributed by atoms with Crippen LogP contribution in [0.15, 0.2) is 41.1 Å². The van der Waals surface area contributed by atoms with Crippen molar-refractivity contribution in [2.75, 3.05) is 27.7 Å². The van der Waals surface area contributed by atoms with Crippen molar-refractivity contribution >= 4 is 17.2 Å². The van der Waals surface area contributed by atoms with E-state index in [0.29, 0.717) is 17.9 Å². The molecule has 0 aliphatic carbocycles. The molecule has 4 nitrogen and oxygen atoms in total. The van der Waals surface area contributed by atoms with Gasteiger partial charge in [-0.1, -0.05) is 6.07 Å². The molecule has 0 fully saturated rings. The Morgan fingerprint density at radius 3 is 2.81 bits per heavy atom. The third-order valence-electron chi connectivity index (χ3n) is 3.34. The van der Waals surface area contributed by atoms with Gasteiger partial charge in [-0.25, -0.2) is 0 Å². The molecule has 0 saturated heterocycles.